The largest absolute Gasteiger partial charge is 0.472 e. The van der Waals surface area contributed by atoms with Crippen molar-refractivity contribution in [3.8, 4) is 0 Å². The quantitative estimate of drug-likeness (QED) is 0.0375. The molecule has 10 heteroatoms. The van der Waals surface area contributed by atoms with Gasteiger partial charge in [0.1, 0.15) is 12.7 Å². The third-order valence-corrected chi connectivity index (χ3v) is 7.07. The number of ether oxygens (including phenoxy) is 1. The number of carbonyl (C=O) groups is 2. The van der Waals surface area contributed by atoms with Gasteiger partial charge in [0.15, 0.2) is 0 Å². The molecule has 0 aliphatic heterocycles. The Hall–Kier alpha value is -1.77. The fraction of sp³-hybridized carbons (Fsp3) is 0.742. The van der Waals surface area contributed by atoms with Gasteiger partial charge < -0.3 is 20.1 Å². The number of phosphoric ester groups is 1. The second-order valence-corrected chi connectivity index (χ2v) is 11.5. The van der Waals surface area contributed by atoms with Gasteiger partial charge in [-0.05, 0) is 44.9 Å². The van der Waals surface area contributed by atoms with Crippen molar-refractivity contribution >= 4 is 19.7 Å². The van der Waals surface area contributed by atoms with Gasteiger partial charge in [0.05, 0.1) is 13.2 Å². The molecule has 0 radical (unpaired) electrons. The van der Waals surface area contributed by atoms with Crippen LogP contribution in [0.25, 0.3) is 0 Å². The smallest absolute Gasteiger partial charge is 0.463 e. The second kappa shape index (κ2) is 28.4. The Kier molecular flexibility index (Phi) is 27.1. The molecule has 0 rings (SSSR count). The summed E-state index contributed by atoms with van der Waals surface area (Å²) in [5, 5.41) is 12.5. The van der Waals surface area contributed by atoms with E-state index in [0.29, 0.717) is 12.8 Å². The zero-order valence-electron chi connectivity index (χ0n) is 25.5. The van der Waals surface area contributed by atoms with Crippen LogP contribution in [-0.4, -0.2) is 54.3 Å². The number of carbonyl (C=O) groups excluding carboxylic acids is 2. The van der Waals surface area contributed by atoms with Gasteiger partial charge in [-0.1, -0.05) is 95.2 Å². The Morgan fingerprint density at radius 3 is 2.10 bits per heavy atom. The van der Waals surface area contributed by atoms with Crippen molar-refractivity contribution in [2.24, 2.45) is 0 Å². The van der Waals surface area contributed by atoms with Gasteiger partial charge in [0, 0.05) is 19.4 Å². The van der Waals surface area contributed by atoms with Crippen LogP contribution in [0, 0.1) is 0 Å². The monoisotopic (exact) mass is 601 g/mol. The van der Waals surface area contributed by atoms with Crippen molar-refractivity contribution in [1.29, 1.82) is 0 Å². The van der Waals surface area contributed by atoms with E-state index in [1.807, 2.05) is 0 Å². The highest BCUT2D eigenvalue weighted by molar-refractivity contribution is 7.47. The Morgan fingerprint density at radius 1 is 0.780 bits per heavy atom. The summed E-state index contributed by atoms with van der Waals surface area (Å²) in [6.07, 6.45) is 26.7. The summed E-state index contributed by atoms with van der Waals surface area (Å²) in [5.41, 5.74) is 0. The van der Waals surface area contributed by atoms with Gasteiger partial charge in [-0.2, -0.15) is 0 Å². The van der Waals surface area contributed by atoms with Crippen LogP contribution in [0.1, 0.15) is 117 Å². The zero-order chi connectivity index (χ0) is 30.4. The van der Waals surface area contributed by atoms with Crippen LogP contribution in [0.3, 0.4) is 0 Å². The van der Waals surface area contributed by atoms with Crippen molar-refractivity contribution < 1.29 is 37.9 Å². The van der Waals surface area contributed by atoms with Crippen LogP contribution < -0.4 is 5.32 Å². The molecule has 0 heterocycles. The lowest BCUT2D eigenvalue weighted by Gasteiger charge is -2.15. The van der Waals surface area contributed by atoms with Crippen molar-refractivity contribution in [1.82, 2.24) is 5.32 Å². The Labute approximate surface area is 248 Å². The van der Waals surface area contributed by atoms with E-state index in [0.717, 1.165) is 57.8 Å². The topological polar surface area (TPSA) is 131 Å². The minimum absolute atomic E-state index is 0.0776. The third-order valence-electron chi connectivity index (χ3n) is 6.08. The molecule has 3 N–H and O–H groups in total. The molecule has 2 unspecified atom stereocenters. The highest BCUT2D eigenvalue weighted by Crippen LogP contribution is 2.42. The first-order chi connectivity index (χ1) is 19.8. The predicted molar refractivity (Wildman–Crippen MR) is 164 cm³/mol. The summed E-state index contributed by atoms with van der Waals surface area (Å²) < 4.78 is 26.5. The molecule has 9 nitrogen and oxygen atoms in total. The summed E-state index contributed by atoms with van der Waals surface area (Å²) in [4.78, 5) is 33.4. The third kappa shape index (κ3) is 29.5. The number of aliphatic hydroxyl groups is 1. The minimum Gasteiger partial charge on any atom is -0.463 e. The molecule has 0 fully saturated rings. The summed E-state index contributed by atoms with van der Waals surface area (Å²) in [7, 11) is -4.40. The first-order valence-electron chi connectivity index (χ1n) is 15.5. The molecule has 0 aromatic rings. The molecule has 0 aromatic heterocycles. The summed E-state index contributed by atoms with van der Waals surface area (Å²) in [6, 6.07) is 0. The maximum Gasteiger partial charge on any atom is 0.472 e. The van der Waals surface area contributed by atoms with Gasteiger partial charge in [-0.25, -0.2) is 4.57 Å². The highest BCUT2D eigenvalue weighted by atomic mass is 31.2. The molecule has 0 saturated carbocycles. The second-order valence-electron chi connectivity index (χ2n) is 10.0. The maximum absolute atomic E-state index is 11.9. The van der Waals surface area contributed by atoms with Gasteiger partial charge in [-0.3, -0.25) is 18.6 Å². The van der Waals surface area contributed by atoms with E-state index in [9.17, 15) is 24.2 Å². The number of nitrogens with one attached hydrogen (secondary N) is 1. The van der Waals surface area contributed by atoms with E-state index in [2.05, 4.69) is 55.6 Å². The van der Waals surface area contributed by atoms with E-state index in [4.69, 9.17) is 13.8 Å². The molecule has 0 aliphatic rings. The minimum atomic E-state index is -4.40. The number of aliphatic hydroxyl groups excluding tert-OH is 1. The van der Waals surface area contributed by atoms with Crippen LogP contribution in [0.5, 0.6) is 0 Å². The van der Waals surface area contributed by atoms with Crippen molar-refractivity contribution in [2.45, 2.75) is 123 Å². The molecule has 1 amide bonds. The number of unbranched alkanes of at least 4 members (excludes halogenated alkanes) is 9. The molecule has 238 valence electrons. The standard InChI is InChI=1S/C31H56NO8P/c1-3-5-7-9-11-12-13-14-15-16-18-20-22-24-31(35)38-27-29(33)28-40-41(36,37)39-26-25-32-30(34)23-21-19-17-10-8-6-4-2/h5,7,11-12,14-15,29,33H,3-4,6,8-10,13,16-28H2,1-2H3,(H,32,34)(H,36,37)/b7-5-,12-11-,15-14-. The Morgan fingerprint density at radius 2 is 1.39 bits per heavy atom. The summed E-state index contributed by atoms with van der Waals surface area (Å²) in [5.74, 6) is -0.558. The van der Waals surface area contributed by atoms with Gasteiger partial charge >= 0.3 is 13.8 Å². The van der Waals surface area contributed by atoms with Crippen molar-refractivity contribution in [2.75, 3.05) is 26.4 Å². The predicted octanol–water partition coefficient (Wildman–Crippen LogP) is 7.09. The molecule has 0 aromatic carbocycles. The number of esters is 1. The van der Waals surface area contributed by atoms with Gasteiger partial charge in [0.2, 0.25) is 5.91 Å². The molecule has 41 heavy (non-hydrogen) atoms. The Balaban J connectivity index is 3.73. The number of allylic oxidation sites excluding steroid dienone is 6. The van der Waals surface area contributed by atoms with E-state index in [1.54, 1.807) is 0 Å². The van der Waals surface area contributed by atoms with Crippen LogP contribution >= 0.6 is 7.82 Å². The lowest BCUT2D eigenvalue weighted by molar-refractivity contribution is -0.147. The molecule has 0 saturated heterocycles. The van der Waals surface area contributed by atoms with Crippen LogP contribution in [0.2, 0.25) is 0 Å². The average Bonchev–Trinajstić information content (AvgIpc) is 2.95. The van der Waals surface area contributed by atoms with Crippen molar-refractivity contribution in [3.63, 3.8) is 0 Å². The van der Waals surface area contributed by atoms with Crippen LogP contribution in [-0.2, 0) is 27.9 Å². The number of rotatable bonds is 28. The number of hydrogen-bond acceptors (Lipinski definition) is 7. The number of phosphoric acid groups is 1. The van der Waals surface area contributed by atoms with Crippen LogP contribution in [0.15, 0.2) is 36.5 Å². The first-order valence-corrected chi connectivity index (χ1v) is 17.0. The van der Waals surface area contributed by atoms with E-state index >= 15 is 0 Å². The van der Waals surface area contributed by atoms with E-state index < -0.39 is 26.5 Å². The lowest BCUT2D eigenvalue weighted by Crippen LogP contribution is -2.27. The average molecular weight is 602 g/mol. The molecule has 0 bridgehead atoms. The lowest BCUT2D eigenvalue weighted by atomic mass is 10.1. The first kappa shape index (κ1) is 39.2. The van der Waals surface area contributed by atoms with Gasteiger partial charge in [-0.15, -0.1) is 0 Å². The molecule has 0 spiro atoms. The molecule has 0 aliphatic carbocycles. The van der Waals surface area contributed by atoms with Gasteiger partial charge in [0.25, 0.3) is 0 Å². The van der Waals surface area contributed by atoms with E-state index in [1.165, 1.54) is 25.7 Å². The fourth-order valence-electron chi connectivity index (χ4n) is 3.74. The molecular weight excluding hydrogens is 545 g/mol. The summed E-state index contributed by atoms with van der Waals surface area (Å²) >= 11 is 0. The summed E-state index contributed by atoms with van der Waals surface area (Å²) in [6.45, 7) is 3.31. The SMILES string of the molecule is CC/C=C\C/C=C\C/C=C\CCCCCC(=O)OCC(O)COP(=O)(O)OCCNC(=O)CCCCCCCCC. The van der Waals surface area contributed by atoms with E-state index in [-0.39, 0.29) is 32.1 Å². The molecular formula is C31H56NO8P. The Bertz CT molecular complexity index is 784. The van der Waals surface area contributed by atoms with Crippen LogP contribution in [0.4, 0.5) is 0 Å². The van der Waals surface area contributed by atoms with Crippen molar-refractivity contribution in [3.05, 3.63) is 36.5 Å². The number of amides is 1. The number of hydrogen-bond donors (Lipinski definition) is 3. The maximum atomic E-state index is 11.9. The normalized spacial score (nSPS) is 14.1. The molecule has 2 atom stereocenters. The zero-order valence-corrected chi connectivity index (χ0v) is 26.4. The highest BCUT2D eigenvalue weighted by Gasteiger charge is 2.23. The fourth-order valence-corrected chi connectivity index (χ4v) is 4.50.